The molecule has 2 rings (SSSR count). The molecule has 1 amide bonds. The molecular formula is C15H21BrN2O2. The molecule has 0 saturated carbocycles. The van der Waals surface area contributed by atoms with Gasteiger partial charge in [0.25, 0.3) is 0 Å². The summed E-state index contributed by atoms with van der Waals surface area (Å²) in [6.07, 6.45) is 0.424. The topological polar surface area (TPSA) is 41.6 Å². The maximum Gasteiger partial charge on any atom is 0.226 e. The lowest BCUT2D eigenvalue weighted by Crippen LogP contribution is -2.51. The average Bonchev–Trinajstić information content (AvgIpc) is 2.41. The van der Waals surface area contributed by atoms with Crippen molar-refractivity contribution in [2.75, 3.05) is 26.2 Å². The smallest absolute Gasteiger partial charge is 0.226 e. The largest absolute Gasteiger partial charge is 0.492 e. The van der Waals surface area contributed by atoms with Gasteiger partial charge in [0.1, 0.15) is 5.75 Å². The fraction of sp³-hybridized carbons (Fsp3) is 0.533. The summed E-state index contributed by atoms with van der Waals surface area (Å²) in [5.74, 6) is 0.957. The van der Waals surface area contributed by atoms with Crippen molar-refractivity contribution >= 4 is 21.8 Å². The van der Waals surface area contributed by atoms with E-state index in [4.69, 9.17) is 4.74 Å². The standard InChI is InChI=1S/C15H21BrN2O2/c1-11-3-4-14(13(16)9-11)20-8-5-15(19)18-7-6-17-12(2)10-18/h3-4,9,12,17H,5-8,10H2,1-2H3. The minimum atomic E-state index is 0.168. The number of ether oxygens (including phenoxy) is 1. The lowest BCUT2D eigenvalue weighted by molar-refractivity contribution is -0.132. The summed E-state index contributed by atoms with van der Waals surface area (Å²) in [7, 11) is 0. The van der Waals surface area contributed by atoms with Gasteiger partial charge in [0, 0.05) is 25.7 Å². The molecule has 20 heavy (non-hydrogen) atoms. The predicted molar refractivity (Wildman–Crippen MR) is 83.0 cm³/mol. The van der Waals surface area contributed by atoms with E-state index in [9.17, 15) is 4.79 Å². The number of piperazine rings is 1. The highest BCUT2D eigenvalue weighted by Crippen LogP contribution is 2.25. The molecule has 110 valence electrons. The Morgan fingerprint density at radius 3 is 3.05 bits per heavy atom. The highest BCUT2D eigenvalue weighted by Gasteiger charge is 2.20. The Labute approximate surface area is 128 Å². The number of hydrogen-bond donors (Lipinski definition) is 1. The van der Waals surface area contributed by atoms with Gasteiger partial charge < -0.3 is 15.0 Å². The van der Waals surface area contributed by atoms with Crippen LogP contribution in [0.2, 0.25) is 0 Å². The van der Waals surface area contributed by atoms with Crippen molar-refractivity contribution in [1.29, 1.82) is 0 Å². The zero-order valence-electron chi connectivity index (χ0n) is 12.0. The highest BCUT2D eigenvalue weighted by molar-refractivity contribution is 9.10. The van der Waals surface area contributed by atoms with Gasteiger partial charge in [0.2, 0.25) is 5.91 Å². The Morgan fingerprint density at radius 2 is 2.35 bits per heavy atom. The number of rotatable bonds is 4. The molecule has 5 heteroatoms. The van der Waals surface area contributed by atoms with Crippen molar-refractivity contribution in [3.63, 3.8) is 0 Å². The minimum absolute atomic E-state index is 0.168. The summed E-state index contributed by atoms with van der Waals surface area (Å²) >= 11 is 3.47. The van der Waals surface area contributed by atoms with Crippen LogP contribution in [0.3, 0.4) is 0 Å². The minimum Gasteiger partial charge on any atom is -0.492 e. The SMILES string of the molecule is Cc1ccc(OCCC(=O)N2CCNC(C)C2)c(Br)c1. The molecule has 0 aromatic heterocycles. The van der Waals surface area contributed by atoms with Crippen LogP contribution >= 0.6 is 15.9 Å². The number of nitrogens with zero attached hydrogens (tertiary/aromatic N) is 1. The van der Waals surface area contributed by atoms with Gasteiger partial charge in [-0.05, 0) is 47.5 Å². The van der Waals surface area contributed by atoms with Gasteiger partial charge in [-0.2, -0.15) is 0 Å². The molecule has 1 saturated heterocycles. The quantitative estimate of drug-likeness (QED) is 0.914. The molecule has 0 aliphatic carbocycles. The van der Waals surface area contributed by atoms with Crippen molar-refractivity contribution < 1.29 is 9.53 Å². The predicted octanol–water partition coefficient (Wildman–Crippen LogP) is 2.35. The monoisotopic (exact) mass is 340 g/mol. The molecule has 4 nitrogen and oxygen atoms in total. The Bertz CT molecular complexity index is 479. The number of halogens is 1. The summed E-state index contributed by atoms with van der Waals surface area (Å²) in [5.41, 5.74) is 1.18. The van der Waals surface area contributed by atoms with Crippen LogP contribution in [-0.2, 0) is 4.79 Å². The van der Waals surface area contributed by atoms with E-state index >= 15 is 0 Å². The van der Waals surface area contributed by atoms with Crippen molar-refractivity contribution in [2.24, 2.45) is 0 Å². The zero-order valence-corrected chi connectivity index (χ0v) is 13.6. The van der Waals surface area contributed by atoms with Gasteiger partial charge >= 0.3 is 0 Å². The van der Waals surface area contributed by atoms with Gasteiger partial charge in [-0.15, -0.1) is 0 Å². The molecule has 0 spiro atoms. The second-order valence-electron chi connectivity index (χ2n) is 5.23. The van der Waals surface area contributed by atoms with E-state index in [2.05, 4.69) is 28.2 Å². The molecule has 1 fully saturated rings. The molecule has 1 N–H and O–H groups in total. The fourth-order valence-corrected chi connectivity index (χ4v) is 2.90. The van der Waals surface area contributed by atoms with Gasteiger partial charge in [-0.25, -0.2) is 0 Å². The first-order valence-electron chi connectivity index (χ1n) is 6.96. The van der Waals surface area contributed by atoms with Crippen LogP contribution < -0.4 is 10.1 Å². The van der Waals surface area contributed by atoms with Crippen LogP contribution in [0.15, 0.2) is 22.7 Å². The summed E-state index contributed by atoms with van der Waals surface area (Å²) in [4.78, 5) is 14.0. The Kier molecular flexibility index (Phi) is 5.43. The van der Waals surface area contributed by atoms with E-state index in [1.165, 1.54) is 5.56 Å². The van der Waals surface area contributed by atoms with Gasteiger partial charge in [0.15, 0.2) is 0 Å². The van der Waals surface area contributed by atoms with E-state index in [-0.39, 0.29) is 5.91 Å². The third kappa shape index (κ3) is 4.21. The molecular weight excluding hydrogens is 320 g/mol. The van der Waals surface area contributed by atoms with Crippen molar-refractivity contribution in [2.45, 2.75) is 26.3 Å². The number of hydrogen-bond acceptors (Lipinski definition) is 3. The number of carbonyl (C=O) groups excluding carboxylic acids is 1. The molecule has 0 radical (unpaired) electrons. The van der Waals surface area contributed by atoms with E-state index in [1.807, 2.05) is 30.0 Å². The summed E-state index contributed by atoms with van der Waals surface area (Å²) in [5, 5.41) is 3.33. The normalized spacial score (nSPS) is 18.9. The molecule has 1 heterocycles. The first kappa shape index (κ1) is 15.3. The molecule has 1 unspecified atom stereocenters. The van der Waals surface area contributed by atoms with Crippen molar-refractivity contribution in [3.8, 4) is 5.75 Å². The second-order valence-corrected chi connectivity index (χ2v) is 6.08. The second kappa shape index (κ2) is 7.09. The Balaban J connectivity index is 1.79. The van der Waals surface area contributed by atoms with Crippen molar-refractivity contribution in [1.82, 2.24) is 10.2 Å². The number of carbonyl (C=O) groups is 1. The average molecular weight is 341 g/mol. The van der Waals surface area contributed by atoms with Crippen LogP contribution in [0.4, 0.5) is 0 Å². The number of nitrogens with one attached hydrogen (secondary N) is 1. The van der Waals surface area contributed by atoms with Crippen LogP contribution in [-0.4, -0.2) is 43.1 Å². The summed E-state index contributed by atoms with van der Waals surface area (Å²) < 4.78 is 6.60. The maximum atomic E-state index is 12.1. The Morgan fingerprint density at radius 1 is 1.55 bits per heavy atom. The fourth-order valence-electron chi connectivity index (χ4n) is 2.29. The number of aryl methyl sites for hydroxylation is 1. The molecule has 1 aromatic rings. The third-order valence-corrected chi connectivity index (χ3v) is 4.00. The first-order valence-corrected chi connectivity index (χ1v) is 7.75. The lowest BCUT2D eigenvalue weighted by Gasteiger charge is -2.31. The summed E-state index contributed by atoms with van der Waals surface area (Å²) in [6.45, 7) is 6.99. The van der Waals surface area contributed by atoms with Crippen LogP contribution in [0.25, 0.3) is 0 Å². The van der Waals surface area contributed by atoms with E-state index in [0.29, 0.717) is 19.1 Å². The molecule has 1 atom stereocenters. The molecule has 0 bridgehead atoms. The third-order valence-electron chi connectivity index (χ3n) is 3.38. The Hall–Kier alpha value is -1.07. The van der Waals surface area contributed by atoms with E-state index in [0.717, 1.165) is 29.9 Å². The zero-order chi connectivity index (χ0) is 14.5. The van der Waals surface area contributed by atoms with Crippen molar-refractivity contribution in [3.05, 3.63) is 28.2 Å². The van der Waals surface area contributed by atoms with Crippen LogP contribution in [0, 0.1) is 6.92 Å². The first-order chi connectivity index (χ1) is 9.56. The van der Waals surface area contributed by atoms with E-state index in [1.54, 1.807) is 0 Å². The van der Waals surface area contributed by atoms with Gasteiger partial charge in [-0.1, -0.05) is 6.07 Å². The number of benzene rings is 1. The van der Waals surface area contributed by atoms with E-state index < -0.39 is 0 Å². The molecule has 1 aliphatic heterocycles. The number of amides is 1. The molecule has 1 aromatic carbocycles. The molecule has 1 aliphatic rings. The maximum absolute atomic E-state index is 12.1. The van der Waals surface area contributed by atoms with Crippen LogP contribution in [0.1, 0.15) is 18.9 Å². The van der Waals surface area contributed by atoms with Gasteiger partial charge in [0.05, 0.1) is 17.5 Å². The lowest BCUT2D eigenvalue weighted by atomic mass is 10.2. The highest BCUT2D eigenvalue weighted by atomic mass is 79.9. The van der Waals surface area contributed by atoms with Gasteiger partial charge in [-0.3, -0.25) is 4.79 Å². The summed E-state index contributed by atoms with van der Waals surface area (Å²) in [6, 6.07) is 6.31. The van der Waals surface area contributed by atoms with Crippen LogP contribution in [0.5, 0.6) is 5.75 Å².